The second kappa shape index (κ2) is 9.85. The molecule has 1 aliphatic heterocycles. The van der Waals surface area contributed by atoms with Gasteiger partial charge in [0.2, 0.25) is 0 Å². The molecule has 1 atom stereocenters. The molecule has 1 aliphatic rings. The van der Waals surface area contributed by atoms with Gasteiger partial charge in [0.25, 0.3) is 5.78 Å². The highest BCUT2D eigenvalue weighted by molar-refractivity contribution is 7.22. The molecule has 0 bridgehead atoms. The molecule has 2 aromatic heterocycles. The van der Waals surface area contributed by atoms with Crippen molar-refractivity contribution in [3.8, 4) is 5.75 Å². The van der Waals surface area contributed by atoms with Gasteiger partial charge in [-0.25, -0.2) is 4.98 Å². The van der Waals surface area contributed by atoms with Crippen LogP contribution in [0.25, 0.3) is 16.0 Å². The van der Waals surface area contributed by atoms with Gasteiger partial charge in [0, 0.05) is 16.8 Å². The van der Waals surface area contributed by atoms with E-state index < -0.39 is 17.7 Å². The molecule has 0 spiro atoms. The molecule has 2 aromatic carbocycles. The smallest absolute Gasteiger partial charge is 0.301 e. The highest BCUT2D eigenvalue weighted by atomic mass is 35.5. The number of nitrogens with zero attached hydrogens (tertiary/aromatic N) is 3. The summed E-state index contributed by atoms with van der Waals surface area (Å²) in [4.78, 5) is 37.5. The highest BCUT2D eigenvalue weighted by Crippen LogP contribution is 2.45. The number of ether oxygens (including phenoxy) is 1. The van der Waals surface area contributed by atoms with Gasteiger partial charge in [-0.05, 0) is 72.9 Å². The Balaban J connectivity index is 1.75. The number of ketones is 1. The zero-order valence-corrected chi connectivity index (χ0v) is 23.1. The first-order chi connectivity index (χ1) is 18.1. The number of methoxy groups -OCH3 is 1. The van der Waals surface area contributed by atoms with Gasteiger partial charge in [0.15, 0.2) is 5.13 Å². The Morgan fingerprint density at radius 2 is 1.89 bits per heavy atom. The summed E-state index contributed by atoms with van der Waals surface area (Å²) in [5.74, 6) is -1.04. The molecule has 4 aromatic rings. The van der Waals surface area contributed by atoms with E-state index in [1.807, 2.05) is 45.9 Å². The van der Waals surface area contributed by atoms with Gasteiger partial charge in [-0.2, -0.15) is 0 Å². The fraction of sp³-hybridized carbons (Fsp3) is 0.241. The van der Waals surface area contributed by atoms with Crippen LogP contribution in [-0.2, 0) is 9.59 Å². The van der Waals surface area contributed by atoms with Gasteiger partial charge < -0.3 is 9.84 Å². The number of halogens is 1. The molecule has 3 heterocycles. The lowest BCUT2D eigenvalue weighted by molar-refractivity contribution is -0.132. The summed E-state index contributed by atoms with van der Waals surface area (Å²) < 4.78 is 6.37. The van der Waals surface area contributed by atoms with E-state index in [0.29, 0.717) is 38.2 Å². The number of aryl methyl sites for hydroxylation is 2. The van der Waals surface area contributed by atoms with Gasteiger partial charge in [-0.1, -0.05) is 42.9 Å². The van der Waals surface area contributed by atoms with Crippen molar-refractivity contribution < 1.29 is 19.4 Å². The topological polar surface area (TPSA) is 92.6 Å². The molecular weight excluding hydrogens is 522 g/mol. The minimum Gasteiger partial charge on any atom is -0.507 e. The minimum absolute atomic E-state index is 0.0369. The number of amides is 1. The van der Waals surface area contributed by atoms with E-state index in [1.54, 1.807) is 37.6 Å². The fourth-order valence-corrected chi connectivity index (χ4v) is 5.94. The molecule has 1 unspecified atom stereocenters. The zero-order chi connectivity index (χ0) is 27.3. The van der Waals surface area contributed by atoms with Crippen LogP contribution in [0.4, 0.5) is 5.13 Å². The van der Waals surface area contributed by atoms with Crippen molar-refractivity contribution in [3.05, 3.63) is 87.2 Å². The average Bonchev–Trinajstić information content (AvgIpc) is 3.41. The van der Waals surface area contributed by atoms with E-state index >= 15 is 0 Å². The number of fused-ring (bicyclic) bond motifs is 1. The van der Waals surface area contributed by atoms with Crippen molar-refractivity contribution in [3.63, 3.8) is 0 Å². The monoisotopic (exact) mass is 547 g/mol. The summed E-state index contributed by atoms with van der Waals surface area (Å²) in [6, 6.07) is 11.6. The molecule has 194 valence electrons. The molecule has 1 fully saturated rings. The van der Waals surface area contributed by atoms with Crippen molar-refractivity contribution in [2.24, 2.45) is 0 Å². The van der Waals surface area contributed by atoms with Crippen molar-refractivity contribution in [1.82, 2.24) is 9.97 Å². The van der Waals surface area contributed by atoms with E-state index in [0.717, 1.165) is 15.8 Å². The molecular formula is C29H26ClN3O4S. The Bertz CT molecular complexity index is 1590. The number of carbonyl (C=O) groups excluding carboxylic acids is 2. The highest BCUT2D eigenvalue weighted by Gasteiger charge is 2.49. The third kappa shape index (κ3) is 4.23. The number of aliphatic hydroxyl groups excluding tert-OH is 1. The third-order valence-electron chi connectivity index (χ3n) is 6.73. The number of hydrogen-bond donors (Lipinski definition) is 1. The summed E-state index contributed by atoms with van der Waals surface area (Å²) in [7, 11) is 1.60. The van der Waals surface area contributed by atoms with Crippen LogP contribution in [0.1, 0.15) is 53.8 Å². The molecule has 9 heteroatoms. The summed E-state index contributed by atoms with van der Waals surface area (Å²) in [5, 5.41) is 12.5. The third-order valence-corrected chi connectivity index (χ3v) is 8.15. The number of carbonyl (C=O) groups is 2. The van der Waals surface area contributed by atoms with Gasteiger partial charge in [-0.15, -0.1) is 0 Å². The number of benzene rings is 2. The Labute approximate surface area is 229 Å². The maximum atomic E-state index is 13.6. The van der Waals surface area contributed by atoms with Crippen molar-refractivity contribution in [2.45, 2.75) is 39.7 Å². The lowest BCUT2D eigenvalue weighted by Gasteiger charge is -2.22. The Hall–Kier alpha value is -3.75. The lowest BCUT2D eigenvalue weighted by atomic mass is 9.92. The van der Waals surface area contributed by atoms with Gasteiger partial charge in [-0.3, -0.25) is 19.5 Å². The van der Waals surface area contributed by atoms with Crippen molar-refractivity contribution >= 4 is 55.7 Å². The number of thiazole rings is 1. The van der Waals surface area contributed by atoms with Crippen LogP contribution < -0.4 is 9.64 Å². The molecule has 0 aliphatic carbocycles. The Morgan fingerprint density at radius 1 is 1.13 bits per heavy atom. The van der Waals surface area contributed by atoms with E-state index in [2.05, 4.69) is 9.97 Å². The van der Waals surface area contributed by atoms with Crippen LogP contribution >= 0.6 is 22.9 Å². The number of hydrogen-bond acceptors (Lipinski definition) is 7. The standard InChI is InChI=1S/C29H26ClN3O4S/c1-14(2)17-12-18(15(3)10-22(17)37-5)26(34)24-25(20-8-6-7-9-31-20)33(28(36)27(24)35)29-32-21-13-19(30)16(4)11-23(21)38-29/h6-14,25,34H,1-5H3/b26-24+. The molecule has 7 nitrogen and oxygen atoms in total. The Kier molecular flexibility index (Phi) is 6.71. The maximum absolute atomic E-state index is 13.6. The molecule has 38 heavy (non-hydrogen) atoms. The van der Waals surface area contributed by atoms with Crippen LogP contribution in [0.3, 0.4) is 0 Å². The minimum atomic E-state index is -0.961. The SMILES string of the molecule is COc1cc(C)c(/C(O)=C2\C(=O)C(=O)N(c3nc4cc(Cl)c(C)cc4s3)C2c2ccccn2)cc1C(C)C. The first-order valence-electron chi connectivity index (χ1n) is 12.1. The fourth-order valence-electron chi connectivity index (χ4n) is 4.71. The molecule has 1 amide bonds. The van der Waals surface area contributed by atoms with E-state index in [-0.39, 0.29) is 17.3 Å². The predicted molar refractivity (Wildman–Crippen MR) is 150 cm³/mol. The Morgan fingerprint density at radius 3 is 2.55 bits per heavy atom. The number of anilines is 1. The number of pyridine rings is 1. The lowest BCUT2D eigenvalue weighted by Crippen LogP contribution is -2.29. The summed E-state index contributed by atoms with van der Waals surface area (Å²) in [6.07, 6.45) is 1.59. The molecule has 0 saturated carbocycles. The van der Waals surface area contributed by atoms with E-state index in [9.17, 15) is 14.7 Å². The van der Waals surface area contributed by atoms with Crippen molar-refractivity contribution in [1.29, 1.82) is 0 Å². The number of Topliss-reactive ketones (excluding diaryl/α,β-unsaturated/α-hetero) is 1. The predicted octanol–water partition coefficient (Wildman–Crippen LogP) is 6.72. The van der Waals surface area contributed by atoms with Gasteiger partial charge in [0.05, 0.1) is 28.6 Å². The summed E-state index contributed by atoms with van der Waals surface area (Å²) in [5.41, 5.74) is 3.95. The van der Waals surface area contributed by atoms with Crippen LogP contribution in [-0.4, -0.2) is 33.9 Å². The van der Waals surface area contributed by atoms with E-state index in [4.69, 9.17) is 16.3 Å². The molecule has 1 N–H and O–H groups in total. The van der Waals surface area contributed by atoms with Crippen LogP contribution in [0.2, 0.25) is 5.02 Å². The van der Waals surface area contributed by atoms with Crippen LogP contribution in [0.15, 0.2) is 54.2 Å². The first kappa shape index (κ1) is 25.9. The second-order valence-electron chi connectivity index (χ2n) is 9.55. The second-order valence-corrected chi connectivity index (χ2v) is 11.0. The number of aromatic nitrogens is 2. The molecule has 1 saturated heterocycles. The quantitative estimate of drug-likeness (QED) is 0.169. The molecule has 0 radical (unpaired) electrons. The van der Waals surface area contributed by atoms with Gasteiger partial charge >= 0.3 is 5.91 Å². The average molecular weight is 548 g/mol. The molecule has 5 rings (SSSR count). The normalized spacial score (nSPS) is 17.1. The van der Waals surface area contributed by atoms with Crippen LogP contribution in [0.5, 0.6) is 5.75 Å². The number of aliphatic hydroxyl groups is 1. The van der Waals surface area contributed by atoms with Crippen molar-refractivity contribution in [2.75, 3.05) is 12.0 Å². The maximum Gasteiger partial charge on any atom is 0.301 e. The number of rotatable bonds is 5. The van der Waals surface area contributed by atoms with Gasteiger partial charge in [0.1, 0.15) is 17.6 Å². The largest absolute Gasteiger partial charge is 0.507 e. The first-order valence-corrected chi connectivity index (χ1v) is 13.3. The summed E-state index contributed by atoms with van der Waals surface area (Å²) >= 11 is 7.59. The van der Waals surface area contributed by atoms with E-state index in [1.165, 1.54) is 16.2 Å². The zero-order valence-electron chi connectivity index (χ0n) is 21.6. The summed E-state index contributed by atoms with van der Waals surface area (Å²) in [6.45, 7) is 7.76. The van der Waals surface area contributed by atoms with Crippen LogP contribution in [0, 0.1) is 13.8 Å².